The van der Waals surface area contributed by atoms with E-state index in [0.29, 0.717) is 12.5 Å². The van der Waals surface area contributed by atoms with E-state index in [4.69, 9.17) is 5.73 Å². The minimum absolute atomic E-state index is 0.0292. The lowest BCUT2D eigenvalue weighted by Gasteiger charge is -2.13. The molecule has 0 heterocycles. The molecular formula is C13H19NO. The lowest BCUT2D eigenvalue weighted by atomic mass is 9.94. The van der Waals surface area contributed by atoms with Gasteiger partial charge in [0.25, 0.3) is 0 Å². The molecule has 0 amide bonds. The van der Waals surface area contributed by atoms with Gasteiger partial charge in [-0.3, -0.25) is 0 Å². The van der Waals surface area contributed by atoms with Crippen molar-refractivity contribution < 1.29 is 5.11 Å². The van der Waals surface area contributed by atoms with Gasteiger partial charge in [-0.15, -0.1) is 0 Å². The van der Waals surface area contributed by atoms with E-state index in [0.717, 1.165) is 6.42 Å². The zero-order chi connectivity index (χ0) is 11.1. The maximum atomic E-state index is 9.37. The summed E-state index contributed by atoms with van der Waals surface area (Å²) >= 11 is 0. The summed E-state index contributed by atoms with van der Waals surface area (Å²) in [6.45, 7) is 5.08. The Kier molecular flexibility index (Phi) is 2.57. The van der Waals surface area contributed by atoms with Gasteiger partial charge in [0.05, 0.1) is 6.61 Å². The molecule has 2 rings (SSSR count). The van der Waals surface area contributed by atoms with E-state index in [2.05, 4.69) is 32.0 Å². The van der Waals surface area contributed by atoms with Gasteiger partial charge >= 0.3 is 0 Å². The Balaban J connectivity index is 2.30. The Morgan fingerprint density at radius 2 is 2.20 bits per heavy atom. The third kappa shape index (κ3) is 1.58. The molecule has 1 aromatic carbocycles. The fraction of sp³-hybridized carbons (Fsp3) is 0.538. The first kappa shape index (κ1) is 10.7. The van der Waals surface area contributed by atoms with Crippen molar-refractivity contribution >= 4 is 0 Å². The highest BCUT2D eigenvalue weighted by Gasteiger charge is 2.53. The second kappa shape index (κ2) is 3.62. The second-order valence-corrected chi connectivity index (χ2v) is 4.77. The average molecular weight is 205 g/mol. The summed E-state index contributed by atoms with van der Waals surface area (Å²) in [6.07, 6.45) is 1.03. The molecule has 0 aromatic heterocycles. The van der Waals surface area contributed by atoms with Crippen molar-refractivity contribution in [2.45, 2.75) is 26.2 Å². The first-order valence-corrected chi connectivity index (χ1v) is 5.51. The summed E-state index contributed by atoms with van der Waals surface area (Å²) in [5.74, 6) is 0.465. The number of rotatable bonds is 3. The molecule has 1 aliphatic rings. The van der Waals surface area contributed by atoms with Crippen molar-refractivity contribution in [1.82, 2.24) is 0 Å². The van der Waals surface area contributed by atoms with Gasteiger partial charge in [-0.05, 0) is 42.9 Å². The molecule has 1 fully saturated rings. The summed E-state index contributed by atoms with van der Waals surface area (Å²) in [5.41, 5.74) is 9.75. The highest BCUT2D eigenvalue weighted by Crippen LogP contribution is 2.58. The molecule has 2 nitrogen and oxygen atoms in total. The molecule has 1 saturated carbocycles. The monoisotopic (exact) mass is 205 g/mol. The number of nitrogens with two attached hydrogens (primary N) is 1. The molecule has 15 heavy (non-hydrogen) atoms. The molecule has 1 aliphatic carbocycles. The van der Waals surface area contributed by atoms with Crippen LogP contribution < -0.4 is 5.73 Å². The van der Waals surface area contributed by atoms with Crippen LogP contribution >= 0.6 is 0 Å². The quantitative estimate of drug-likeness (QED) is 0.789. The van der Waals surface area contributed by atoms with E-state index in [1.807, 2.05) is 0 Å². The Morgan fingerprint density at radius 3 is 2.73 bits per heavy atom. The van der Waals surface area contributed by atoms with Crippen LogP contribution in [0.5, 0.6) is 0 Å². The second-order valence-electron chi connectivity index (χ2n) is 4.77. The molecule has 2 heteroatoms. The first-order valence-electron chi connectivity index (χ1n) is 5.51. The van der Waals surface area contributed by atoms with Crippen LogP contribution in [0, 0.1) is 19.3 Å². The normalized spacial score (nSPS) is 29.2. The van der Waals surface area contributed by atoms with E-state index in [9.17, 15) is 5.11 Å². The topological polar surface area (TPSA) is 46.2 Å². The van der Waals surface area contributed by atoms with Crippen molar-refractivity contribution in [1.29, 1.82) is 0 Å². The van der Waals surface area contributed by atoms with Crippen LogP contribution in [0.2, 0.25) is 0 Å². The maximum Gasteiger partial charge on any atom is 0.0505 e. The van der Waals surface area contributed by atoms with Crippen LogP contribution in [0.3, 0.4) is 0 Å². The zero-order valence-corrected chi connectivity index (χ0v) is 9.46. The number of benzene rings is 1. The van der Waals surface area contributed by atoms with E-state index in [-0.39, 0.29) is 12.0 Å². The molecular weight excluding hydrogens is 186 g/mol. The van der Waals surface area contributed by atoms with E-state index in [1.54, 1.807) is 0 Å². The Hall–Kier alpha value is -0.860. The number of aliphatic hydroxyl groups excluding tert-OH is 1. The van der Waals surface area contributed by atoms with E-state index >= 15 is 0 Å². The van der Waals surface area contributed by atoms with Crippen molar-refractivity contribution in [3.8, 4) is 0 Å². The summed E-state index contributed by atoms with van der Waals surface area (Å²) in [5, 5.41) is 9.37. The van der Waals surface area contributed by atoms with Crippen LogP contribution in [0.15, 0.2) is 18.2 Å². The number of aryl methyl sites for hydroxylation is 1. The largest absolute Gasteiger partial charge is 0.396 e. The SMILES string of the molecule is Cc1cccc(C2CC2(CN)CO)c1C. The summed E-state index contributed by atoms with van der Waals surface area (Å²) in [6, 6.07) is 6.39. The average Bonchev–Trinajstić information content (AvgIpc) is 2.97. The standard InChI is InChI=1S/C13H19NO/c1-9-4-3-5-11(10(9)2)12-6-13(12,7-14)8-15/h3-5,12,15H,6-8,14H2,1-2H3. The fourth-order valence-corrected chi connectivity index (χ4v) is 2.40. The van der Waals surface area contributed by atoms with Gasteiger partial charge < -0.3 is 10.8 Å². The van der Waals surface area contributed by atoms with Gasteiger partial charge in [-0.2, -0.15) is 0 Å². The molecule has 3 N–H and O–H groups in total. The highest BCUT2D eigenvalue weighted by molar-refractivity contribution is 5.40. The number of hydrogen-bond acceptors (Lipinski definition) is 2. The third-order valence-corrected chi connectivity index (χ3v) is 3.93. The van der Waals surface area contributed by atoms with Crippen molar-refractivity contribution in [3.05, 3.63) is 34.9 Å². The molecule has 2 atom stereocenters. The van der Waals surface area contributed by atoms with Crippen LogP contribution in [-0.4, -0.2) is 18.3 Å². The zero-order valence-electron chi connectivity index (χ0n) is 9.46. The predicted molar refractivity (Wildman–Crippen MR) is 61.8 cm³/mol. The van der Waals surface area contributed by atoms with Crippen molar-refractivity contribution in [2.24, 2.45) is 11.1 Å². The highest BCUT2D eigenvalue weighted by atomic mass is 16.3. The van der Waals surface area contributed by atoms with Gasteiger partial charge in [-0.25, -0.2) is 0 Å². The molecule has 0 spiro atoms. The molecule has 0 saturated heterocycles. The smallest absolute Gasteiger partial charge is 0.0505 e. The maximum absolute atomic E-state index is 9.37. The summed E-state index contributed by atoms with van der Waals surface area (Å²) in [7, 11) is 0. The molecule has 1 aromatic rings. The fourth-order valence-electron chi connectivity index (χ4n) is 2.40. The lowest BCUT2D eigenvalue weighted by molar-refractivity contribution is 0.211. The van der Waals surface area contributed by atoms with Crippen molar-refractivity contribution in [2.75, 3.05) is 13.2 Å². The van der Waals surface area contributed by atoms with Crippen LogP contribution in [0.4, 0.5) is 0 Å². The van der Waals surface area contributed by atoms with E-state index < -0.39 is 0 Å². The minimum Gasteiger partial charge on any atom is -0.396 e. The van der Waals surface area contributed by atoms with Crippen LogP contribution in [0.1, 0.15) is 29.0 Å². The summed E-state index contributed by atoms with van der Waals surface area (Å²) < 4.78 is 0. The molecule has 82 valence electrons. The Bertz CT molecular complexity index is 369. The summed E-state index contributed by atoms with van der Waals surface area (Å²) in [4.78, 5) is 0. The van der Waals surface area contributed by atoms with Gasteiger partial charge in [0.1, 0.15) is 0 Å². The Labute approximate surface area is 91.1 Å². The molecule has 0 bridgehead atoms. The van der Waals surface area contributed by atoms with Gasteiger partial charge in [0.15, 0.2) is 0 Å². The predicted octanol–water partition coefficient (Wildman–Crippen LogP) is 1.73. The van der Waals surface area contributed by atoms with Gasteiger partial charge in [0.2, 0.25) is 0 Å². The van der Waals surface area contributed by atoms with Crippen LogP contribution in [-0.2, 0) is 0 Å². The van der Waals surface area contributed by atoms with Crippen LogP contribution in [0.25, 0.3) is 0 Å². The minimum atomic E-state index is -0.0292. The third-order valence-electron chi connectivity index (χ3n) is 3.93. The van der Waals surface area contributed by atoms with Crippen molar-refractivity contribution in [3.63, 3.8) is 0 Å². The van der Waals surface area contributed by atoms with E-state index in [1.165, 1.54) is 16.7 Å². The molecule has 2 unspecified atom stereocenters. The number of aliphatic hydroxyl groups is 1. The lowest BCUT2D eigenvalue weighted by Crippen LogP contribution is -2.21. The molecule has 0 radical (unpaired) electrons. The Morgan fingerprint density at radius 1 is 1.47 bits per heavy atom. The van der Waals surface area contributed by atoms with Gasteiger partial charge in [0, 0.05) is 12.0 Å². The molecule has 0 aliphatic heterocycles. The first-order chi connectivity index (χ1) is 7.14. The van der Waals surface area contributed by atoms with Gasteiger partial charge in [-0.1, -0.05) is 18.2 Å². The number of hydrogen-bond donors (Lipinski definition) is 2.